The maximum Gasteiger partial charge on any atom is 0.355 e. The van der Waals surface area contributed by atoms with Crippen molar-refractivity contribution in [1.82, 2.24) is 14.5 Å². The average molecular weight is 458 g/mol. The molecule has 0 unspecified atom stereocenters. The minimum atomic E-state index is -0.383. The number of benzene rings is 2. The van der Waals surface area contributed by atoms with Crippen LogP contribution in [0, 0.1) is 6.92 Å². The molecule has 0 saturated heterocycles. The molecular formula is C26H23N3O3S. The molecule has 0 spiro atoms. The first-order chi connectivity index (χ1) is 16.1. The zero-order valence-corrected chi connectivity index (χ0v) is 19.5. The molecule has 3 aromatic heterocycles. The van der Waals surface area contributed by atoms with E-state index in [1.807, 2.05) is 41.3 Å². The molecule has 0 aliphatic heterocycles. The lowest BCUT2D eigenvalue weighted by Crippen LogP contribution is -2.14. The summed E-state index contributed by atoms with van der Waals surface area (Å²) in [4.78, 5) is 22.5. The van der Waals surface area contributed by atoms with Crippen molar-refractivity contribution in [3.63, 3.8) is 0 Å². The van der Waals surface area contributed by atoms with E-state index in [0.717, 1.165) is 43.4 Å². The molecular weight excluding hydrogens is 434 g/mol. The van der Waals surface area contributed by atoms with Crippen molar-refractivity contribution in [2.45, 2.75) is 20.4 Å². The van der Waals surface area contributed by atoms with Gasteiger partial charge in [-0.25, -0.2) is 14.8 Å². The van der Waals surface area contributed by atoms with Crippen LogP contribution >= 0.6 is 11.3 Å². The molecule has 5 rings (SSSR count). The molecule has 0 atom stereocenters. The zero-order chi connectivity index (χ0) is 22.9. The summed E-state index contributed by atoms with van der Waals surface area (Å²) in [7, 11) is 1.58. The van der Waals surface area contributed by atoms with Gasteiger partial charge in [-0.3, -0.25) is 0 Å². The standard InChI is InChI=1S/C26H23N3O3S/c1-4-32-26(30)24-21(18-10-7-13-27-25(18)31-3)22-19(11-12-20-23(22)28-15-33-20)29(24)14-17-9-6-5-8-16(17)2/h5-13,15H,4,14H2,1-3H3. The number of carbonyl (C=O) groups is 1. The molecule has 0 aliphatic carbocycles. The topological polar surface area (TPSA) is 66.2 Å². The van der Waals surface area contributed by atoms with Crippen molar-refractivity contribution in [3.05, 3.63) is 77.1 Å². The molecule has 6 nitrogen and oxygen atoms in total. The molecule has 0 amide bonds. The first-order valence-electron chi connectivity index (χ1n) is 10.7. The highest BCUT2D eigenvalue weighted by Gasteiger charge is 2.29. The Morgan fingerprint density at radius 2 is 1.94 bits per heavy atom. The fourth-order valence-electron chi connectivity index (χ4n) is 4.31. The number of thiazole rings is 1. The van der Waals surface area contributed by atoms with Crippen LogP contribution in [0.3, 0.4) is 0 Å². The van der Waals surface area contributed by atoms with E-state index in [4.69, 9.17) is 9.47 Å². The van der Waals surface area contributed by atoms with E-state index in [-0.39, 0.29) is 12.6 Å². The lowest BCUT2D eigenvalue weighted by molar-refractivity contribution is 0.0516. The molecule has 0 radical (unpaired) electrons. The predicted octanol–water partition coefficient (Wildman–Crippen LogP) is 5.86. The number of aryl methyl sites for hydroxylation is 1. The smallest absolute Gasteiger partial charge is 0.355 e. The van der Waals surface area contributed by atoms with Crippen LogP contribution in [0.1, 0.15) is 28.5 Å². The quantitative estimate of drug-likeness (QED) is 0.299. The maximum absolute atomic E-state index is 13.5. The molecule has 0 aliphatic rings. The van der Waals surface area contributed by atoms with Gasteiger partial charge >= 0.3 is 5.97 Å². The van der Waals surface area contributed by atoms with Gasteiger partial charge in [0.05, 0.1) is 35.0 Å². The van der Waals surface area contributed by atoms with Crippen LogP contribution in [0.2, 0.25) is 0 Å². The van der Waals surface area contributed by atoms with Gasteiger partial charge in [0.2, 0.25) is 5.88 Å². The number of hydrogen-bond acceptors (Lipinski definition) is 6. The summed E-state index contributed by atoms with van der Waals surface area (Å²) >= 11 is 1.57. The molecule has 33 heavy (non-hydrogen) atoms. The van der Waals surface area contributed by atoms with Crippen LogP contribution in [0.4, 0.5) is 0 Å². The van der Waals surface area contributed by atoms with Crippen LogP contribution < -0.4 is 4.74 Å². The van der Waals surface area contributed by atoms with Crippen molar-refractivity contribution in [1.29, 1.82) is 0 Å². The second-order valence-electron chi connectivity index (χ2n) is 7.68. The third kappa shape index (κ3) is 3.54. The zero-order valence-electron chi connectivity index (χ0n) is 18.7. The van der Waals surface area contributed by atoms with Crippen molar-refractivity contribution >= 4 is 38.4 Å². The molecule has 7 heteroatoms. The van der Waals surface area contributed by atoms with Crippen LogP contribution in [-0.4, -0.2) is 34.2 Å². The number of hydrogen-bond donors (Lipinski definition) is 0. The van der Waals surface area contributed by atoms with Crippen LogP contribution in [-0.2, 0) is 11.3 Å². The Kier molecular flexibility index (Phi) is 5.56. The number of methoxy groups -OCH3 is 1. The number of fused-ring (bicyclic) bond motifs is 3. The van der Waals surface area contributed by atoms with Gasteiger partial charge in [0.15, 0.2) is 0 Å². The number of rotatable bonds is 6. The van der Waals surface area contributed by atoms with E-state index in [1.165, 1.54) is 0 Å². The Bertz CT molecular complexity index is 1490. The summed E-state index contributed by atoms with van der Waals surface area (Å²) < 4.78 is 14.2. The number of aromatic nitrogens is 3. The van der Waals surface area contributed by atoms with E-state index in [9.17, 15) is 4.79 Å². The van der Waals surface area contributed by atoms with Crippen LogP contribution in [0.25, 0.3) is 32.2 Å². The van der Waals surface area contributed by atoms with E-state index in [2.05, 4.69) is 41.2 Å². The predicted molar refractivity (Wildman–Crippen MR) is 131 cm³/mol. The Hall–Kier alpha value is -3.71. The number of carbonyl (C=O) groups excluding carboxylic acids is 1. The largest absolute Gasteiger partial charge is 0.481 e. The van der Waals surface area contributed by atoms with Crippen molar-refractivity contribution in [2.24, 2.45) is 0 Å². The second kappa shape index (κ2) is 8.67. The molecule has 166 valence electrons. The maximum atomic E-state index is 13.5. The number of nitrogens with zero attached hydrogens (tertiary/aromatic N) is 3. The van der Waals surface area contributed by atoms with Gasteiger partial charge in [0.1, 0.15) is 5.69 Å². The van der Waals surface area contributed by atoms with Crippen molar-refractivity contribution in [3.8, 4) is 17.0 Å². The molecule has 3 heterocycles. The minimum absolute atomic E-state index is 0.278. The van der Waals surface area contributed by atoms with E-state index >= 15 is 0 Å². The summed E-state index contributed by atoms with van der Waals surface area (Å²) in [6.07, 6.45) is 1.68. The van der Waals surface area contributed by atoms with Crippen molar-refractivity contribution in [2.75, 3.05) is 13.7 Å². The van der Waals surface area contributed by atoms with E-state index < -0.39 is 0 Å². The monoisotopic (exact) mass is 457 g/mol. The highest BCUT2D eigenvalue weighted by molar-refractivity contribution is 7.16. The average Bonchev–Trinajstić information content (AvgIpc) is 3.43. The second-order valence-corrected chi connectivity index (χ2v) is 8.56. The Morgan fingerprint density at radius 1 is 1.09 bits per heavy atom. The van der Waals surface area contributed by atoms with Gasteiger partial charge < -0.3 is 14.0 Å². The lowest BCUT2D eigenvalue weighted by atomic mass is 10.0. The lowest BCUT2D eigenvalue weighted by Gasteiger charge is -2.14. The summed E-state index contributed by atoms with van der Waals surface area (Å²) in [5.74, 6) is 0.0665. The van der Waals surface area contributed by atoms with E-state index in [1.54, 1.807) is 24.6 Å². The summed E-state index contributed by atoms with van der Waals surface area (Å²) in [5, 5.41) is 0.900. The number of pyridine rings is 1. The third-order valence-corrected chi connectivity index (χ3v) is 6.61. The molecule has 0 fully saturated rings. The fourth-order valence-corrected chi connectivity index (χ4v) is 4.99. The van der Waals surface area contributed by atoms with Crippen LogP contribution in [0.5, 0.6) is 5.88 Å². The SMILES string of the molecule is CCOC(=O)c1c(-c2cccnc2OC)c2c3ncsc3ccc2n1Cc1ccccc1C. The third-order valence-electron chi connectivity index (χ3n) is 5.82. The molecule has 0 bridgehead atoms. The highest BCUT2D eigenvalue weighted by Crippen LogP contribution is 2.43. The van der Waals surface area contributed by atoms with Gasteiger partial charge in [0.25, 0.3) is 0 Å². The number of esters is 1. The van der Waals surface area contributed by atoms with E-state index in [0.29, 0.717) is 18.1 Å². The van der Waals surface area contributed by atoms with Gasteiger partial charge in [0, 0.05) is 29.3 Å². The normalized spacial score (nSPS) is 11.2. The molecule has 0 saturated carbocycles. The Labute approximate surface area is 195 Å². The van der Waals surface area contributed by atoms with Gasteiger partial charge in [-0.2, -0.15) is 0 Å². The first-order valence-corrected chi connectivity index (χ1v) is 11.6. The molecule has 2 aromatic carbocycles. The van der Waals surface area contributed by atoms with Gasteiger partial charge in [-0.1, -0.05) is 24.3 Å². The van der Waals surface area contributed by atoms with Crippen molar-refractivity contribution < 1.29 is 14.3 Å². The minimum Gasteiger partial charge on any atom is -0.481 e. The first kappa shape index (κ1) is 21.2. The molecule has 5 aromatic rings. The number of ether oxygens (including phenoxy) is 2. The molecule has 0 N–H and O–H groups in total. The fraction of sp³-hybridized carbons (Fsp3) is 0.192. The van der Waals surface area contributed by atoms with Crippen LogP contribution in [0.15, 0.2) is 60.2 Å². The van der Waals surface area contributed by atoms with Gasteiger partial charge in [-0.05, 0) is 49.2 Å². The Balaban J connectivity index is 1.92. The summed E-state index contributed by atoms with van der Waals surface area (Å²) in [5.41, 5.74) is 7.83. The summed E-state index contributed by atoms with van der Waals surface area (Å²) in [6, 6.07) is 16.1. The highest BCUT2D eigenvalue weighted by atomic mass is 32.1. The summed E-state index contributed by atoms with van der Waals surface area (Å²) in [6.45, 7) is 4.69. The van der Waals surface area contributed by atoms with Gasteiger partial charge in [-0.15, -0.1) is 11.3 Å². The Morgan fingerprint density at radius 3 is 2.73 bits per heavy atom.